The van der Waals surface area contributed by atoms with Gasteiger partial charge in [0.1, 0.15) is 0 Å². The van der Waals surface area contributed by atoms with Crippen molar-refractivity contribution >= 4 is 5.69 Å². The Morgan fingerprint density at radius 3 is 2.25 bits per heavy atom. The summed E-state index contributed by atoms with van der Waals surface area (Å²) in [7, 11) is 4.14. The zero-order valence-electron chi connectivity index (χ0n) is 13.6. The number of benzene rings is 1. The van der Waals surface area contributed by atoms with Crippen LogP contribution in [-0.2, 0) is 0 Å². The number of nitrogens with two attached hydrogens (primary N) is 1. The van der Waals surface area contributed by atoms with E-state index < -0.39 is 0 Å². The summed E-state index contributed by atoms with van der Waals surface area (Å²) in [5.74, 6) is 0. The number of likely N-dealkylation sites (tertiary alicyclic amines) is 1. The van der Waals surface area contributed by atoms with Gasteiger partial charge in [0.05, 0.1) is 6.04 Å². The lowest BCUT2D eigenvalue weighted by Crippen LogP contribution is -2.53. The number of nitrogens with zero attached hydrogens (tertiary/aromatic N) is 2. The monoisotopic (exact) mass is 275 g/mol. The molecule has 2 atom stereocenters. The minimum absolute atomic E-state index is 0.156. The highest BCUT2D eigenvalue weighted by atomic mass is 15.2. The number of rotatable bonds is 2. The molecule has 0 spiro atoms. The molecule has 3 heteroatoms. The average Bonchev–Trinajstić information content (AvgIpc) is 2.37. The van der Waals surface area contributed by atoms with Crippen LogP contribution >= 0.6 is 0 Å². The molecule has 2 unspecified atom stereocenters. The molecule has 0 bridgehead atoms. The van der Waals surface area contributed by atoms with Gasteiger partial charge >= 0.3 is 0 Å². The van der Waals surface area contributed by atoms with Gasteiger partial charge in [-0.2, -0.15) is 0 Å². The Labute approximate surface area is 123 Å². The first-order chi connectivity index (χ1) is 9.30. The molecule has 1 heterocycles. The minimum atomic E-state index is 0.156. The van der Waals surface area contributed by atoms with E-state index in [0.29, 0.717) is 6.04 Å². The Kier molecular flexibility index (Phi) is 4.40. The van der Waals surface area contributed by atoms with Gasteiger partial charge in [0.25, 0.3) is 0 Å². The van der Waals surface area contributed by atoms with Gasteiger partial charge in [-0.25, -0.2) is 0 Å². The molecule has 1 aromatic carbocycles. The summed E-state index contributed by atoms with van der Waals surface area (Å²) in [4.78, 5) is 4.69. The van der Waals surface area contributed by atoms with E-state index in [2.05, 4.69) is 68.9 Å². The van der Waals surface area contributed by atoms with E-state index in [1.165, 1.54) is 17.7 Å². The molecule has 0 saturated carbocycles. The standard InChI is InChI=1S/C17H29N3/c1-17(2,3)20-12-6-7-15(18)16(20)13-8-10-14(11-9-13)19(4)5/h8-11,15-16H,6-7,12,18H2,1-5H3. The third-order valence-electron chi connectivity index (χ3n) is 4.29. The van der Waals surface area contributed by atoms with Crippen molar-refractivity contribution in [3.63, 3.8) is 0 Å². The topological polar surface area (TPSA) is 32.5 Å². The molecule has 3 nitrogen and oxygen atoms in total. The van der Waals surface area contributed by atoms with Crippen LogP contribution in [0.3, 0.4) is 0 Å². The summed E-state index contributed by atoms with van der Waals surface area (Å²) >= 11 is 0. The Bertz CT molecular complexity index is 431. The zero-order chi connectivity index (χ0) is 14.9. The molecular formula is C17H29N3. The second kappa shape index (κ2) is 5.74. The molecule has 0 radical (unpaired) electrons. The summed E-state index contributed by atoms with van der Waals surface area (Å²) in [6.07, 6.45) is 2.32. The van der Waals surface area contributed by atoms with Crippen molar-refractivity contribution in [2.45, 2.75) is 51.2 Å². The van der Waals surface area contributed by atoms with Crippen LogP contribution in [0.2, 0.25) is 0 Å². The van der Waals surface area contributed by atoms with Gasteiger partial charge in [0.15, 0.2) is 0 Å². The Morgan fingerprint density at radius 1 is 1.15 bits per heavy atom. The molecule has 1 aromatic rings. The number of hydrogen-bond donors (Lipinski definition) is 1. The normalized spacial score (nSPS) is 24.7. The van der Waals surface area contributed by atoms with E-state index >= 15 is 0 Å². The van der Waals surface area contributed by atoms with Crippen LogP contribution in [0.1, 0.15) is 45.2 Å². The molecular weight excluding hydrogens is 246 g/mol. The zero-order valence-corrected chi connectivity index (χ0v) is 13.6. The van der Waals surface area contributed by atoms with E-state index in [1.54, 1.807) is 0 Å². The van der Waals surface area contributed by atoms with Crippen molar-refractivity contribution in [2.24, 2.45) is 5.73 Å². The van der Waals surface area contributed by atoms with Crippen molar-refractivity contribution in [3.8, 4) is 0 Å². The number of piperidine rings is 1. The largest absolute Gasteiger partial charge is 0.378 e. The lowest BCUT2D eigenvalue weighted by atomic mass is 9.87. The minimum Gasteiger partial charge on any atom is -0.378 e. The third-order valence-corrected chi connectivity index (χ3v) is 4.29. The highest BCUT2D eigenvalue weighted by molar-refractivity contribution is 5.46. The SMILES string of the molecule is CN(C)c1ccc(C2C(N)CCCN2C(C)(C)C)cc1. The molecule has 1 saturated heterocycles. The maximum absolute atomic E-state index is 6.44. The van der Waals surface area contributed by atoms with E-state index in [-0.39, 0.29) is 11.6 Å². The van der Waals surface area contributed by atoms with Gasteiger partial charge in [-0.05, 0) is 57.9 Å². The first kappa shape index (κ1) is 15.3. The first-order valence-electron chi connectivity index (χ1n) is 7.60. The quantitative estimate of drug-likeness (QED) is 0.900. The van der Waals surface area contributed by atoms with Gasteiger partial charge in [0, 0.05) is 31.4 Å². The van der Waals surface area contributed by atoms with Crippen LogP contribution in [0.25, 0.3) is 0 Å². The second-order valence-electron chi connectivity index (χ2n) is 7.10. The Morgan fingerprint density at radius 2 is 1.75 bits per heavy atom. The fraction of sp³-hybridized carbons (Fsp3) is 0.647. The van der Waals surface area contributed by atoms with Crippen LogP contribution in [0, 0.1) is 0 Å². The van der Waals surface area contributed by atoms with Crippen molar-refractivity contribution in [1.82, 2.24) is 4.90 Å². The van der Waals surface area contributed by atoms with Crippen LogP contribution in [0.4, 0.5) is 5.69 Å². The number of anilines is 1. The fourth-order valence-corrected chi connectivity index (χ4v) is 3.17. The lowest BCUT2D eigenvalue weighted by molar-refractivity contribution is 0.0384. The lowest BCUT2D eigenvalue weighted by Gasteiger charge is -2.47. The summed E-state index contributed by atoms with van der Waals surface area (Å²) < 4.78 is 0. The van der Waals surface area contributed by atoms with Gasteiger partial charge in [-0.3, -0.25) is 4.90 Å². The van der Waals surface area contributed by atoms with Gasteiger partial charge in [-0.1, -0.05) is 12.1 Å². The molecule has 0 aliphatic carbocycles. The summed E-state index contributed by atoms with van der Waals surface area (Å²) in [5.41, 5.74) is 9.18. The molecule has 2 N–H and O–H groups in total. The highest BCUT2D eigenvalue weighted by Gasteiger charge is 2.36. The molecule has 0 aromatic heterocycles. The van der Waals surface area contributed by atoms with E-state index in [0.717, 1.165) is 13.0 Å². The van der Waals surface area contributed by atoms with E-state index in [9.17, 15) is 0 Å². The maximum atomic E-state index is 6.44. The van der Waals surface area contributed by atoms with Crippen LogP contribution in [-0.4, -0.2) is 37.1 Å². The van der Waals surface area contributed by atoms with Crippen LogP contribution in [0.5, 0.6) is 0 Å². The summed E-state index contributed by atoms with van der Waals surface area (Å²) in [6.45, 7) is 7.99. The molecule has 20 heavy (non-hydrogen) atoms. The van der Waals surface area contributed by atoms with Crippen molar-refractivity contribution < 1.29 is 0 Å². The third kappa shape index (κ3) is 3.15. The Hall–Kier alpha value is -1.06. The van der Waals surface area contributed by atoms with Crippen molar-refractivity contribution in [1.29, 1.82) is 0 Å². The highest BCUT2D eigenvalue weighted by Crippen LogP contribution is 2.35. The molecule has 1 aliphatic rings. The molecule has 1 aliphatic heterocycles. The van der Waals surface area contributed by atoms with Crippen molar-refractivity contribution in [3.05, 3.63) is 29.8 Å². The first-order valence-corrected chi connectivity index (χ1v) is 7.60. The second-order valence-corrected chi connectivity index (χ2v) is 7.10. The van der Waals surface area contributed by atoms with Gasteiger partial charge in [-0.15, -0.1) is 0 Å². The maximum Gasteiger partial charge on any atom is 0.0504 e. The van der Waals surface area contributed by atoms with E-state index in [1.807, 2.05) is 0 Å². The average molecular weight is 275 g/mol. The van der Waals surface area contributed by atoms with Gasteiger partial charge < -0.3 is 10.6 Å². The van der Waals surface area contributed by atoms with Crippen molar-refractivity contribution in [2.75, 3.05) is 25.5 Å². The summed E-state index contributed by atoms with van der Waals surface area (Å²) in [6, 6.07) is 9.43. The van der Waals surface area contributed by atoms with Gasteiger partial charge in [0.2, 0.25) is 0 Å². The fourth-order valence-electron chi connectivity index (χ4n) is 3.17. The molecule has 1 fully saturated rings. The molecule has 2 rings (SSSR count). The Balaban J connectivity index is 2.30. The predicted molar refractivity (Wildman–Crippen MR) is 87.2 cm³/mol. The predicted octanol–water partition coefficient (Wildman–Crippen LogP) is 3.02. The van der Waals surface area contributed by atoms with Crippen LogP contribution < -0.4 is 10.6 Å². The number of hydrogen-bond acceptors (Lipinski definition) is 3. The van der Waals surface area contributed by atoms with E-state index in [4.69, 9.17) is 5.73 Å². The molecule has 112 valence electrons. The van der Waals surface area contributed by atoms with Crippen LogP contribution in [0.15, 0.2) is 24.3 Å². The summed E-state index contributed by atoms with van der Waals surface area (Å²) in [5, 5.41) is 0. The smallest absolute Gasteiger partial charge is 0.0504 e. The molecule has 0 amide bonds.